The summed E-state index contributed by atoms with van der Waals surface area (Å²) < 4.78 is 13.3. The molecule has 0 unspecified atom stereocenters. The van der Waals surface area contributed by atoms with Gasteiger partial charge < -0.3 is 15.5 Å². The summed E-state index contributed by atoms with van der Waals surface area (Å²) >= 11 is 0. The number of hydrogen-bond acceptors (Lipinski definition) is 3. The molecule has 0 bridgehead atoms. The molecule has 2 aliphatic rings. The van der Waals surface area contributed by atoms with Crippen molar-refractivity contribution in [3.8, 4) is 0 Å². The molecule has 1 saturated heterocycles. The molecule has 0 aromatic heterocycles. The lowest BCUT2D eigenvalue weighted by atomic mass is 9.81. The average Bonchev–Trinajstić information content (AvgIpc) is 2.88. The predicted molar refractivity (Wildman–Crippen MR) is 105 cm³/mol. The normalized spacial score (nSPS) is 19.8. The molecule has 150 valence electrons. The van der Waals surface area contributed by atoms with Gasteiger partial charge in [-0.05, 0) is 37.0 Å². The predicted octanol–water partition coefficient (Wildman–Crippen LogP) is 2.51. The van der Waals surface area contributed by atoms with E-state index in [4.69, 9.17) is 5.73 Å². The highest BCUT2D eigenvalue weighted by Crippen LogP contribution is 2.28. The van der Waals surface area contributed by atoms with Crippen LogP contribution in [0.4, 0.5) is 4.39 Å². The van der Waals surface area contributed by atoms with Crippen molar-refractivity contribution >= 4 is 24.2 Å². The number of amides is 2. The maximum Gasteiger partial charge on any atom is 0.242 e. The highest BCUT2D eigenvalue weighted by atomic mass is 35.5. The van der Waals surface area contributed by atoms with E-state index in [9.17, 15) is 14.0 Å². The standard InChI is InChI=1S/C20H28FN3O2.ClH/c21-17-7-4-6-16(14-17)15-18(25)23-10-5-11-24(13-12-23)19(26)20(22)8-2-1-3-9-20;/h4,6-7,14H,1-3,5,8-13,15,22H2;1H. The van der Waals surface area contributed by atoms with Gasteiger partial charge in [0.15, 0.2) is 0 Å². The lowest BCUT2D eigenvalue weighted by Gasteiger charge is -2.36. The van der Waals surface area contributed by atoms with Crippen LogP contribution in [0.15, 0.2) is 24.3 Å². The topological polar surface area (TPSA) is 66.6 Å². The van der Waals surface area contributed by atoms with Gasteiger partial charge in [0.1, 0.15) is 5.82 Å². The number of nitrogens with zero attached hydrogens (tertiary/aromatic N) is 2. The van der Waals surface area contributed by atoms with E-state index in [0.29, 0.717) is 31.7 Å². The summed E-state index contributed by atoms with van der Waals surface area (Å²) in [5.74, 6) is -0.315. The summed E-state index contributed by atoms with van der Waals surface area (Å²) in [5.41, 5.74) is 6.34. The van der Waals surface area contributed by atoms with Gasteiger partial charge in [-0.2, -0.15) is 0 Å². The largest absolute Gasteiger partial charge is 0.341 e. The van der Waals surface area contributed by atoms with E-state index in [1.165, 1.54) is 12.1 Å². The minimum Gasteiger partial charge on any atom is -0.341 e. The molecule has 1 saturated carbocycles. The number of nitrogens with two attached hydrogens (primary N) is 1. The van der Waals surface area contributed by atoms with Crippen LogP contribution in [-0.2, 0) is 16.0 Å². The van der Waals surface area contributed by atoms with Crippen LogP contribution >= 0.6 is 12.4 Å². The molecule has 5 nitrogen and oxygen atoms in total. The first kappa shape index (κ1) is 21.6. The molecule has 2 N–H and O–H groups in total. The van der Waals surface area contributed by atoms with Crippen molar-refractivity contribution < 1.29 is 14.0 Å². The number of hydrogen-bond donors (Lipinski definition) is 1. The SMILES string of the molecule is Cl.NC1(C(=O)N2CCCN(C(=O)Cc3cccc(F)c3)CC2)CCCCC1. The van der Waals surface area contributed by atoms with Crippen molar-refractivity contribution in [1.82, 2.24) is 9.80 Å². The van der Waals surface area contributed by atoms with E-state index in [-0.39, 0.29) is 36.5 Å². The van der Waals surface area contributed by atoms with Gasteiger partial charge in [-0.15, -0.1) is 12.4 Å². The van der Waals surface area contributed by atoms with Crippen LogP contribution in [-0.4, -0.2) is 53.3 Å². The Morgan fingerprint density at radius 2 is 1.67 bits per heavy atom. The smallest absolute Gasteiger partial charge is 0.242 e. The molecule has 1 aliphatic heterocycles. The third-order valence-electron chi connectivity index (χ3n) is 5.55. The Kier molecular flexibility index (Phi) is 7.62. The van der Waals surface area contributed by atoms with Crippen molar-refractivity contribution in [3.05, 3.63) is 35.6 Å². The molecule has 1 aromatic carbocycles. The van der Waals surface area contributed by atoms with Crippen molar-refractivity contribution in [1.29, 1.82) is 0 Å². The average molecular weight is 398 g/mol. The van der Waals surface area contributed by atoms with Crippen LogP contribution < -0.4 is 5.73 Å². The molecule has 3 rings (SSSR count). The molecule has 2 amide bonds. The Balaban J connectivity index is 0.00000261. The second-order valence-corrected chi connectivity index (χ2v) is 7.55. The van der Waals surface area contributed by atoms with Gasteiger partial charge >= 0.3 is 0 Å². The van der Waals surface area contributed by atoms with E-state index < -0.39 is 5.54 Å². The van der Waals surface area contributed by atoms with E-state index in [0.717, 1.165) is 38.5 Å². The lowest BCUT2D eigenvalue weighted by Crippen LogP contribution is -2.56. The van der Waals surface area contributed by atoms with E-state index >= 15 is 0 Å². The maximum absolute atomic E-state index is 13.3. The van der Waals surface area contributed by atoms with Crippen molar-refractivity contribution in [3.63, 3.8) is 0 Å². The van der Waals surface area contributed by atoms with E-state index in [1.54, 1.807) is 17.0 Å². The van der Waals surface area contributed by atoms with Gasteiger partial charge in [0.25, 0.3) is 0 Å². The zero-order chi connectivity index (χ0) is 18.6. The Bertz CT molecular complexity index is 664. The highest BCUT2D eigenvalue weighted by molar-refractivity contribution is 5.86. The van der Waals surface area contributed by atoms with Gasteiger partial charge in [-0.1, -0.05) is 31.4 Å². The maximum atomic E-state index is 13.3. The summed E-state index contributed by atoms with van der Waals surface area (Å²) in [5, 5.41) is 0. The molecule has 0 spiro atoms. The molecule has 2 fully saturated rings. The number of carbonyl (C=O) groups excluding carboxylic acids is 2. The molecule has 1 heterocycles. The third kappa shape index (κ3) is 5.42. The third-order valence-corrected chi connectivity index (χ3v) is 5.55. The molecule has 1 aliphatic carbocycles. The summed E-state index contributed by atoms with van der Waals surface area (Å²) in [6.07, 6.45) is 5.61. The van der Waals surface area contributed by atoms with Gasteiger partial charge in [0.05, 0.1) is 12.0 Å². The van der Waals surface area contributed by atoms with Crippen LogP contribution in [0.3, 0.4) is 0 Å². The first-order chi connectivity index (χ1) is 12.5. The quantitative estimate of drug-likeness (QED) is 0.852. The van der Waals surface area contributed by atoms with Crippen LogP contribution in [0.1, 0.15) is 44.1 Å². The van der Waals surface area contributed by atoms with E-state index in [2.05, 4.69) is 0 Å². The fraction of sp³-hybridized carbons (Fsp3) is 0.600. The van der Waals surface area contributed by atoms with Crippen LogP contribution in [0.25, 0.3) is 0 Å². The van der Waals surface area contributed by atoms with E-state index in [1.807, 2.05) is 4.90 Å². The zero-order valence-electron chi connectivity index (χ0n) is 15.7. The summed E-state index contributed by atoms with van der Waals surface area (Å²) in [6, 6.07) is 6.14. The number of rotatable bonds is 3. The molecular weight excluding hydrogens is 369 g/mol. The molecular formula is C20H29ClFN3O2. The van der Waals surface area contributed by atoms with Crippen molar-refractivity contribution in [2.24, 2.45) is 5.73 Å². The van der Waals surface area contributed by atoms with Crippen LogP contribution in [0.2, 0.25) is 0 Å². The second kappa shape index (κ2) is 9.51. The summed E-state index contributed by atoms with van der Waals surface area (Å²) in [6.45, 7) is 2.29. The fourth-order valence-electron chi connectivity index (χ4n) is 4.01. The minimum atomic E-state index is -0.723. The summed E-state index contributed by atoms with van der Waals surface area (Å²) in [7, 11) is 0. The fourth-order valence-corrected chi connectivity index (χ4v) is 4.01. The van der Waals surface area contributed by atoms with Crippen LogP contribution in [0, 0.1) is 5.82 Å². The Labute approximate surface area is 166 Å². The first-order valence-electron chi connectivity index (χ1n) is 9.58. The minimum absolute atomic E-state index is 0. The monoisotopic (exact) mass is 397 g/mol. The first-order valence-corrected chi connectivity index (χ1v) is 9.58. The number of carbonyl (C=O) groups is 2. The van der Waals surface area contributed by atoms with Gasteiger partial charge in [-0.3, -0.25) is 9.59 Å². The number of halogens is 2. The molecule has 7 heteroatoms. The lowest BCUT2D eigenvalue weighted by molar-refractivity contribution is -0.138. The highest BCUT2D eigenvalue weighted by Gasteiger charge is 2.38. The van der Waals surface area contributed by atoms with Crippen molar-refractivity contribution in [2.75, 3.05) is 26.2 Å². The molecule has 0 radical (unpaired) electrons. The molecule has 0 atom stereocenters. The van der Waals surface area contributed by atoms with Gasteiger partial charge in [-0.25, -0.2) is 4.39 Å². The molecule has 27 heavy (non-hydrogen) atoms. The number of benzene rings is 1. The zero-order valence-corrected chi connectivity index (χ0v) is 16.5. The summed E-state index contributed by atoms with van der Waals surface area (Å²) in [4.78, 5) is 29.1. The van der Waals surface area contributed by atoms with Gasteiger partial charge in [0, 0.05) is 26.2 Å². The second-order valence-electron chi connectivity index (χ2n) is 7.55. The van der Waals surface area contributed by atoms with Crippen molar-refractivity contribution in [2.45, 2.75) is 50.5 Å². The van der Waals surface area contributed by atoms with Gasteiger partial charge in [0.2, 0.25) is 11.8 Å². The Hall–Kier alpha value is -1.66. The molecule has 1 aromatic rings. The Morgan fingerprint density at radius 3 is 2.37 bits per heavy atom. The Morgan fingerprint density at radius 1 is 1.00 bits per heavy atom. The van der Waals surface area contributed by atoms with Crippen LogP contribution in [0.5, 0.6) is 0 Å².